The van der Waals surface area contributed by atoms with Gasteiger partial charge in [-0.1, -0.05) is 60.3 Å². The fraction of sp³-hybridized carbons (Fsp3) is 0.444. The predicted octanol–water partition coefficient (Wildman–Crippen LogP) is 4.07. The second-order valence-electron chi connectivity index (χ2n) is 9.27. The molecule has 35 heavy (non-hydrogen) atoms. The van der Waals surface area contributed by atoms with E-state index in [4.69, 9.17) is 4.74 Å². The number of para-hydroxylation sites is 1. The Hall–Kier alpha value is -2.84. The zero-order valence-corrected chi connectivity index (χ0v) is 21.1. The van der Waals surface area contributed by atoms with Gasteiger partial charge in [-0.2, -0.15) is 0 Å². The first-order valence-corrected chi connectivity index (χ1v) is 13.4. The molecule has 0 N–H and O–H groups in total. The van der Waals surface area contributed by atoms with Crippen molar-refractivity contribution in [1.82, 2.24) is 19.7 Å². The number of rotatable bonds is 7. The lowest BCUT2D eigenvalue weighted by Gasteiger charge is -2.33. The van der Waals surface area contributed by atoms with E-state index < -0.39 is 0 Å². The van der Waals surface area contributed by atoms with Crippen molar-refractivity contribution in [2.45, 2.75) is 36.6 Å². The van der Waals surface area contributed by atoms with Crippen molar-refractivity contribution in [3.05, 3.63) is 66.2 Å². The number of morpholine rings is 1. The van der Waals surface area contributed by atoms with Crippen molar-refractivity contribution in [1.29, 1.82) is 0 Å². The van der Waals surface area contributed by atoms with E-state index in [1.807, 2.05) is 30.0 Å². The smallest absolute Gasteiger partial charge is 0.235 e. The van der Waals surface area contributed by atoms with Gasteiger partial charge in [0.15, 0.2) is 5.16 Å². The summed E-state index contributed by atoms with van der Waals surface area (Å²) in [6.45, 7) is 6.56. The van der Waals surface area contributed by atoms with Crippen LogP contribution in [0.4, 0.5) is 5.95 Å². The van der Waals surface area contributed by atoms with E-state index in [2.05, 4.69) is 62.1 Å². The van der Waals surface area contributed by atoms with Crippen LogP contribution in [-0.4, -0.2) is 70.2 Å². The lowest BCUT2D eigenvalue weighted by Crippen LogP contribution is -2.42. The van der Waals surface area contributed by atoms with E-state index >= 15 is 0 Å². The van der Waals surface area contributed by atoms with Crippen LogP contribution in [0.2, 0.25) is 0 Å². The van der Waals surface area contributed by atoms with Crippen LogP contribution in [0.3, 0.4) is 0 Å². The van der Waals surface area contributed by atoms with Crippen LogP contribution >= 0.6 is 11.8 Å². The van der Waals surface area contributed by atoms with Gasteiger partial charge >= 0.3 is 0 Å². The molecule has 7 nitrogen and oxygen atoms in total. The van der Waals surface area contributed by atoms with Gasteiger partial charge in [-0.15, -0.1) is 10.2 Å². The second-order valence-corrected chi connectivity index (χ2v) is 10.6. The van der Waals surface area contributed by atoms with Crippen molar-refractivity contribution < 1.29 is 9.53 Å². The van der Waals surface area contributed by atoms with Crippen molar-refractivity contribution >= 4 is 23.6 Å². The Balaban J connectivity index is 1.25. The summed E-state index contributed by atoms with van der Waals surface area (Å²) in [5, 5.41) is 9.56. The molecular formula is C27H33N5O2S. The van der Waals surface area contributed by atoms with Crippen LogP contribution in [-0.2, 0) is 16.0 Å². The van der Waals surface area contributed by atoms with Gasteiger partial charge in [0.1, 0.15) is 0 Å². The monoisotopic (exact) mass is 491 g/mol. The van der Waals surface area contributed by atoms with Gasteiger partial charge in [-0.3, -0.25) is 9.36 Å². The molecule has 2 aromatic carbocycles. The number of anilines is 1. The average Bonchev–Trinajstić information content (AvgIpc) is 3.33. The quantitative estimate of drug-likeness (QED) is 0.465. The number of hydrogen-bond acceptors (Lipinski definition) is 6. The number of aromatic nitrogens is 3. The Labute approximate surface area is 211 Å². The van der Waals surface area contributed by atoms with Crippen molar-refractivity contribution in [2.75, 3.05) is 44.3 Å². The Morgan fingerprint density at radius 1 is 0.971 bits per heavy atom. The van der Waals surface area contributed by atoms with Gasteiger partial charge in [-0.25, -0.2) is 0 Å². The van der Waals surface area contributed by atoms with Gasteiger partial charge in [0.2, 0.25) is 11.9 Å². The molecule has 2 aliphatic rings. The third-order valence-electron chi connectivity index (χ3n) is 6.85. The highest BCUT2D eigenvalue weighted by atomic mass is 32.2. The molecule has 0 aliphatic carbocycles. The number of thioether (sulfide) groups is 1. The summed E-state index contributed by atoms with van der Waals surface area (Å²) in [6.07, 6.45) is 3.20. The maximum absolute atomic E-state index is 13.3. The first-order chi connectivity index (χ1) is 17.2. The number of ether oxygens (including phenoxy) is 1. The summed E-state index contributed by atoms with van der Waals surface area (Å²) in [7, 11) is 0. The number of amides is 1. The first kappa shape index (κ1) is 23.9. The summed E-state index contributed by atoms with van der Waals surface area (Å²) in [5.41, 5.74) is 2.39. The van der Waals surface area contributed by atoms with Crippen LogP contribution < -0.4 is 4.90 Å². The molecule has 1 atom stereocenters. The molecule has 0 saturated carbocycles. The minimum atomic E-state index is -0.232. The largest absolute Gasteiger partial charge is 0.378 e. The Bertz CT molecular complexity index is 1090. The normalized spacial score (nSPS) is 18.0. The molecule has 0 bridgehead atoms. The molecule has 184 valence electrons. The second kappa shape index (κ2) is 11.3. The van der Waals surface area contributed by atoms with Crippen LogP contribution in [0.25, 0.3) is 5.69 Å². The molecule has 1 amide bonds. The number of carbonyl (C=O) groups excluding carboxylic acids is 1. The summed E-state index contributed by atoms with van der Waals surface area (Å²) >= 11 is 1.50. The molecule has 3 heterocycles. The number of benzene rings is 2. The molecule has 2 fully saturated rings. The summed E-state index contributed by atoms with van der Waals surface area (Å²) < 4.78 is 7.60. The predicted molar refractivity (Wildman–Crippen MR) is 139 cm³/mol. The number of piperidine rings is 1. The van der Waals surface area contributed by atoms with E-state index in [1.54, 1.807) is 0 Å². The van der Waals surface area contributed by atoms with Gasteiger partial charge in [0.25, 0.3) is 0 Å². The lowest BCUT2D eigenvalue weighted by atomic mass is 9.90. The zero-order chi connectivity index (χ0) is 24.0. The van der Waals surface area contributed by atoms with Gasteiger partial charge in [0.05, 0.1) is 24.2 Å². The zero-order valence-electron chi connectivity index (χ0n) is 20.3. The number of hydrogen-bond donors (Lipinski definition) is 0. The van der Waals surface area contributed by atoms with Crippen molar-refractivity contribution in [2.24, 2.45) is 5.92 Å². The topological polar surface area (TPSA) is 63.5 Å². The molecule has 2 aliphatic heterocycles. The van der Waals surface area contributed by atoms with Crippen LogP contribution in [0, 0.1) is 5.92 Å². The number of likely N-dealkylation sites (tertiary alicyclic amines) is 1. The van der Waals surface area contributed by atoms with Crippen LogP contribution in [0.1, 0.15) is 25.3 Å². The standard InChI is InChI=1S/C27H33N5O2S/c1-21(25(33)30-14-12-23(13-15-30)20-22-8-4-2-5-9-22)35-27-29-28-26(31-16-18-34-19-17-31)32(27)24-10-6-3-7-11-24/h2-11,21,23H,12-20H2,1H3. The highest BCUT2D eigenvalue weighted by Crippen LogP contribution is 2.31. The highest BCUT2D eigenvalue weighted by Gasteiger charge is 2.29. The van der Waals surface area contributed by atoms with E-state index in [9.17, 15) is 4.79 Å². The van der Waals surface area contributed by atoms with Gasteiger partial charge < -0.3 is 14.5 Å². The fourth-order valence-electron chi connectivity index (χ4n) is 4.88. The molecule has 8 heteroatoms. The molecular weight excluding hydrogens is 458 g/mol. The van der Waals surface area contributed by atoms with E-state index in [0.717, 1.165) is 62.2 Å². The van der Waals surface area contributed by atoms with Gasteiger partial charge in [-0.05, 0) is 49.8 Å². The fourth-order valence-corrected chi connectivity index (χ4v) is 5.83. The Morgan fingerprint density at radius 3 is 2.31 bits per heavy atom. The molecule has 0 radical (unpaired) electrons. The molecule has 3 aromatic rings. The maximum atomic E-state index is 13.3. The average molecular weight is 492 g/mol. The third-order valence-corrected chi connectivity index (χ3v) is 7.88. The Morgan fingerprint density at radius 2 is 1.63 bits per heavy atom. The Kier molecular flexibility index (Phi) is 7.69. The first-order valence-electron chi connectivity index (χ1n) is 12.5. The van der Waals surface area contributed by atoms with Gasteiger partial charge in [0, 0.05) is 26.2 Å². The lowest BCUT2D eigenvalue weighted by molar-refractivity contribution is -0.131. The summed E-state index contributed by atoms with van der Waals surface area (Å²) in [5.74, 6) is 1.63. The minimum Gasteiger partial charge on any atom is -0.378 e. The number of nitrogens with zero attached hydrogens (tertiary/aromatic N) is 5. The number of carbonyl (C=O) groups is 1. The van der Waals surface area contributed by atoms with Crippen molar-refractivity contribution in [3.63, 3.8) is 0 Å². The van der Waals surface area contributed by atoms with Crippen molar-refractivity contribution in [3.8, 4) is 5.69 Å². The maximum Gasteiger partial charge on any atom is 0.235 e. The molecule has 1 unspecified atom stereocenters. The minimum absolute atomic E-state index is 0.184. The highest BCUT2D eigenvalue weighted by molar-refractivity contribution is 8.00. The van der Waals surface area contributed by atoms with Crippen LogP contribution in [0.5, 0.6) is 0 Å². The van der Waals surface area contributed by atoms with E-state index in [0.29, 0.717) is 19.1 Å². The van der Waals surface area contributed by atoms with E-state index in [-0.39, 0.29) is 11.2 Å². The SMILES string of the molecule is CC(Sc1nnc(N2CCOCC2)n1-c1ccccc1)C(=O)N1CCC(Cc2ccccc2)CC1. The van der Waals surface area contributed by atoms with Crippen LogP contribution in [0.15, 0.2) is 65.8 Å². The molecule has 2 saturated heterocycles. The summed E-state index contributed by atoms with van der Waals surface area (Å²) in [6, 6.07) is 20.8. The third kappa shape index (κ3) is 5.70. The summed E-state index contributed by atoms with van der Waals surface area (Å²) in [4.78, 5) is 17.6. The molecule has 0 spiro atoms. The molecule has 5 rings (SSSR count). The molecule has 1 aromatic heterocycles. The van der Waals surface area contributed by atoms with E-state index in [1.165, 1.54) is 17.3 Å².